The molecule has 47 valence electrons. The van der Waals surface area contributed by atoms with Gasteiger partial charge in [-0.3, -0.25) is 0 Å². The average molecular weight is 146 g/mol. The summed E-state index contributed by atoms with van der Waals surface area (Å²) in [6.07, 6.45) is 0. The molecule has 0 fully saturated rings. The molecular formula is C3H11O3V-. The van der Waals surface area contributed by atoms with Crippen molar-refractivity contribution in [1.82, 2.24) is 0 Å². The van der Waals surface area contributed by atoms with Crippen LogP contribution in [0.15, 0.2) is 0 Å². The van der Waals surface area contributed by atoms with Crippen molar-refractivity contribution in [3.8, 4) is 0 Å². The van der Waals surface area contributed by atoms with E-state index in [9.17, 15) is 0 Å². The van der Waals surface area contributed by atoms with Crippen molar-refractivity contribution in [3.63, 3.8) is 0 Å². The Morgan fingerprint density at radius 2 is 1.00 bits per heavy atom. The van der Waals surface area contributed by atoms with Crippen LogP contribution in [-0.2, 0) is 21.0 Å². The van der Waals surface area contributed by atoms with Crippen LogP contribution in [0.3, 0.4) is 0 Å². The van der Waals surface area contributed by atoms with Crippen LogP contribution in [0.5, 0.6) is 0 Å². The Bertz CT molecular complexity index is 10.1. The number of rotatable bonds is 0. The van der Waals surface area contributed by atoms with Gasteiger partial charge in [0.05, 0.1) is 0 Å². The van der Waals surface area contributed by atoms with Gasteiger partial charge in [-0.1, -0.05) is 0 Å². The van der Waals surface area contributed by atoms with E-state index in [-0.39, 0.29) is 7.43 Å². The number of hydrogen-bond donors (Lipinski definition) is 2. The maximum absolute atomic E-state index is 8.19. The molecular weight excluding hydrogens is 135 g/mol. The summed E-state index contributed by atoms with van der Waals surface area (Å²) in [6.45, 7) is 0. The van der Waals surface area contributed by atoms with Crippen LogP contribution < -0.4 is 0 Å². The summed E-state index contributed by atoms with van der Waals surface area (Å²) in [7, 11) is 2.00. The topological polar surface area (TPSA) is 57.5 Å². The first-order chi connectivity index (χ1) is 3.00. The average Bonchev–Trinajstić information content (AvgIpc) is 1.81. The van der Waals surface area contributed by atoms with Crippen molar-refractivity contribution >= 4 is 0 Å². The van der Waals surface area contributed by atoms with Gasteiger partial charge in [0.1, 0.15) is 0 Å². The molecule has 7 heavy (non-hydrogen) atoms. The van der Waals surface area contributed by atoms with E-state index in [2.05, 4.69) is 0 Å². The summed E-state index contributed by atoms with van der Waals surface area (Å²) in [5, 5.41) is 14.0. The normalized spacial score (nSPS) is 2.14. The van der Waals surface area contributed by atoms with Gasteiger partial charge in [0, 0.05) is 14.2 Å². The fourth-order valence-corrected chi connectivity index (χ4v) is 0. The third kappa shape index (κ3) is 1260. The van der Waals surface area contributed by atoms with Gasteiger partial charge < -0.3 is 17.6 Å². The molecule has 0 heterocycles. The van der Waals surface area contributed by atoms with Gasteiger partial charge in [-0.2, -0.15) is 0 Å². The molecule has 0 spiro atoms. The zero-order valence-corrected chi connectivity index (χ0v) is 6.15. The SMILES string of the molecule is CO.CO.[CH3-].[O]=[V]. The Morgan fingerprint density at radius 1 is 1.00 bits per heavy atom. The zero-order valence-electron chi connectivity index (χ0n) is 4.75. The molecule has 4 heteroatoms. The van der Waals surface area contributed by atoms with Crippen molar-refractivity contribution < 1.29 is 31.3 Å². The monoisotopic (exact) mass is 146 g/mol. The Morgan fingerprint density at radius 3 is 1.00 bits per heavy atom. The summed E-state index contributed by atoms with van der Waals surface area (Å²) in [4.78, 5) is 0. The van der Waals surface area contributed by atoms with Gasteiger partial charge in [-0.15, -0.1) is 0 Å². The second-order valence-electron chi connectivity index (χ2n) is 0. The Hall–Kier alpha value is 0.304. The Labute approximate surface area is 53.6 Å². The minimum absolute atomic E-state index is 0. The molecule has 0 aromatic heterocycles. The fourth-order valence-electron chi connectivity index (χ4n) is 0. The van der Waals surface area contributed by atoms with E-state index < -0.39 is 0 Å². The van der Waals surface area contributed by atoms with E-state index in [4.69, 9.17) is 13.9 Å². The van der Waals surface area contributed by atoms with E-state index in [0.717, 1.165) is 31.6 Å². The molecule has 0 amide bonds. The molecule has 3 nitrogen and oxygen atoms in total. The molecule has 0 rings (SSSR count). The summed E-state index contributed by atoms with van der Waals surface area (Å²) in [6, 6.07) is 0. The van der Waals surface area contributed by atoms with E-state index in [1.807, 2.05) is 0 Å². The second-order valence-corrected chi connectivity index (χ2v) is 0. The van der Waals surface area contributed by atoms with Gasteiger partial charge in [-0.25, -0.2) is 0 Å². The van der Waals surface area contributed by atoms with Crippen molar-refractivity contribution in [1.29, 1.82) is 0 Å². The molecule has 0 aliphatic carbocycles. The first-order valence-corrected chi connectivity index (χ1v) is 1.65. The minimum atomic E-state index is 0. The number of aliphatic hydroxyl groups is 2. The van der Waals surface area contributed by atoms with E-state index in [0.29, 0.717) is 0 Å². The van der Waals surface area contributed by atoms with Crippen LogP contribution in [0.1, 0.15) is 0 Å². The van der Waals surface area contributed by atoms with Crippen LogP contribution in [0.4, 0.5) is 0 Å². The first kappa shape index (κ1) is 26.6. The van der Waals surface area contributed by atoms with Crippen molar-refractivity contribution in [3.05, 3.63) is 7.43 Å². The molecule has 0 aliphatic rings. The van der Waals surface area contributed by atoms with Gasteiger partial charge in [0.2, 0.25) is 0 Å². The molecule has 2 N–H and O–H groups in total. The van der Waals surface area contributed by atoms with Gasteiger partial charge >= 0.3 is 21.0 Å². The number of hydrogen-bond acceptors (Lipinski definition) is 3. The van der Waals surface area contributed by atoms with E-state index in [1.165, 1.54) is 0 Å². The summed E-state index contributed by atoms with van der Waals surface area (Å²) in [5.41, 5.74) is 0. The molecule has 0 unspecified atom stereocenters. The van der Waals surface area contributed by atoms with E-state index in [1.54, 1.807) is 0 Å². The first-order valence-electron chi connectivity index (χ1n) is 1.08. The molecule has 0 bridgehead atoms. The van der Waals surface area contributed by atoms with Gasteiger partial charge in [0.25, 0.3) is 0 Å². The third-order valence-electron chi connectivity index (χ3n) is 0. The van der Waals surface area contributed by atoms with Crippen LogP contribution in [-0.4, -0.2) is 24.4 Å². The summed E-state index contributed by atoms with van der Waals surface area (Å²) in [5.74, 6) is 0. The summed E-state index contributed by atoms with van der Waals surface area (Å²) < 4.78 is 8.19. The van der Waals surface area contributed by atoms with Crippen LogP contribution in [0.25, 0.3) is 0 Å². The van der Waals surface area contributed by atoms with Crippen molar-refractivity contribution in [2.24, 2.45) is 0 Å². The molecule has 0 saturated heterocycles. The predicted molar refractivity (Wildman–Crippen MR) is 23.4 cm³/mol. The standard InChI is InChI=1S/2CH4O.CH3.O.V/c2*1-2;;;/h2*2H,1H3;1H3;;/q;;-1;;. The fraction of sp³-hybridized carbons (Fsp3) is 0.667. The van der Waals surface area contributed by atoms with Gasteiger partial charge in [0.15, 0.2) is 0 Å². The second kappa shape index (κ2) is 1910. The molecule has 0 aromatic carbocycles. The maximum atomic E-state index is 8.19. The van der Waals surface area contributed by atoms with Gasteiger partial charge in [-0.05, 0) is 0 Å². The molecule has 0 saturated carbocycles. The molecule has 0 radical (unpaired) electrons. The van der Waals surface area contributed by atoms with Crippen molar-refractivity contribution in [2.45, 2.75) is 0 Å². The Balaban J connectivity index is -0.00000000900. The predicted octanol–water partition coefficient (Wildman–Crippen LogP) is -0.454. The van der Waals surface area contributed by atoms with Crippen LogP contribution in [0, 0.1) is 7.43 Å². The number of aliphatic hydroxyl groups excluding tert-OH is 2. The molecule has 0 aliphatic heterocycles. The van der Waals surface area contributed by atoms with Crippen LogP contribution >= 0.6 is 0 Å². The van der Waals surface area contributed by atoms with Crippen molar-refractivity contribution in [2.75, 3.05) is 14.2 Å². The Kier molecular flexibility index (Phi) is 7270. The molecule has 0 atom stereocenters. The van der Waals surface area contributed by atoms with Crippen LogP contribution in [0.2, 0.25) is 0 Å². The molecule has 0 aromatic rings. The quantitative estimate of drug-likeness (QED) is 0.455. The summed E-state index contributed by atoms with van der Waals surface area (Å²) >= 11 is 1.06. The zero-order chi connectivity index (χ0) is 6.00. The third-order valence-corrected chi connectivity index (χ3v) is 0. The van der Waals surface area contributed by atoms with E-state index >= 15 is 0 Å².